The van der Waals surface area contributed by atoms with Gasteiger partial charge in [-0.2, -0.15) is 0 Å². The lowest BCUT2D eigenvalue weighted by Gasteiger charge is -2.34. The Hall–Kier alpha value is -2.12. The molecule has 2 aromatic carbocycles. The summed E-state index contributed by atoms with van der Waals surface area (Å²) in [6.07, 6.45) is 1.88. The second-order valence-electron chi connectivity index (χ2n) is 5.82. The third-order valence-electron chi connectivity index (χ3n) is 4.02. The Morgan fingerprint density at radius 1 is 1.08 bits per heavy atom. The number of hydrogen-bond acceptors (Lipinski definition) is 4. The van der Waals surface area contributed by atoms with E-state index in [2.05, 4.69) is 4.90 Å². The van der Waals surface area contributed by atoms with E-state index in [0.29, 0.717) is 12.3 Å². The highest BCUT2D eigenvalue weighted by Gasteiger charge is 2.22. The summed E-state index contributed by atoms with van der Waals surface area (Å²) in [5.41, 5.74) is 0.926. The van der Waals surface area contributed by atoms with Gasteiger partial charge in [0.25, 0.3) is 0 Å². The minimum Gasteiger partial charge on any atom is -0.489 e. The van der Waals surface area contributed by atoms with Crippen LogP contribution in [-0.4, -0.2) is 27.6 Å². The van der Waals surface area contributed by atoms with E-state index in [-0.39, 0.29) is 16.8 Å². The fourth-order valence-electron chi connectivity index (χ4n) is 2.82. The smallest absolute Gasteiger partial charge is 0.238 e. The number of hydrogen-bond donors (Lipinski definition) is 1. The van der Waals surface area contributed by atoms with Crippen LogP contribution in [0.2, 0.25) is 0 Å². The van der Waals surface area contributed by atoms with E-state index in [1.54, 1.807) is 24.3 Å². The molecule has 1 aliphatic rings. The molecule has 2 N–H and O–H groups in total. The van der Waals surface area contributed by atoms with Crippen molar-refractivity contribution < 1.29 is 17.5 Å². The number of benzene rings is 2. The third-order valence-corrected chi connectivity index (χ3v) is 4.95. The highest BCUT2D eigenvalue weighted by Crippen LogP contribution is 2.24. The van der Waals surface area contributed by atoms with Gasteiger partial charge >= 0.3 is 0 Å². The summed E-state index contributed by atoms with van der Waals surface area (Å²) in [7, 11) is -3.68. The van der Waals surface area contributed by atoms with Crippen LogP contribution >= 0.6 is 0 Å². The van der Waals surface area contributed by atoms with E-state index in [4.69, 9.17) is 9.88 Å². The van der Waals surface area contributed by atoms with Crippen LogP contribution in [0.5, 0.6) is 5.75 Å². The zero-order chi connectivity index (χ0) is 17.2. The van der Waals surface area contributed by atoms with E-state index in [1.807, 2.05) is 0 Å². The predicted molar refractivity (Wildman–Crippen MR) is 90.1 cm³/mol. The molecular weight excluding hydrogens is 331 g/mol. The first-order valence-electron chi connectivity index (χ1n) is 7.72. The van der Waals surface area contributed by atoms with Crippen LogP contribution < -0.4 is 14.8 Å². The van der Waals surface area contributed by atoms with Gasteiger partial charge in [0, 0.05) is 12.2 Å². The highest BCUT2D eigenvalue weighted by atomic mass is 32.2. The molecule has 1 fully saturated rings. The molecule has 5 nitrogen and oxygen atoms in total. The van der Waals surface area contributed by atoms with Crippen molar-refractivity contribution in [3.05, 3.63) is 54.3 Å². The van der Waals surface area contributed by atoms with Gasteiger partial charge in [-0.3, -0.25) is 0 Å². The molecule has 24 heavy (non-hydrogen) atoms. The minimum absolute atomic E-state index is 0.00197. The van der Waals surface area contributed by atoms with Crippen molar-refractivity contribution in [1.29, 1.82) is 0 Å². The Bertz CT molecular complexity index is 792. The van der Waals surface area contributed by atoms with Gasteiger partial charge in [-0.05, 0) is 61.4 Å². The normalized spacial score (nSPS) is 18.4. The van der Waals surface area contributed by atoms with Crippen LogP contribution in [0.1, 0.15) is 12.8 Å². The number of halogens is 1. The molecule has 128 valence electrons. The van der Waals surface area contributed by atoms with Gasteiger partial charge < -0.3 is 9.64 Å². The number of primary sulfonamides is 1. The van der Waals surface area contributed by atoms with E-state index in [9.17, 15) is 12.8 Å². The van der Waals surface area contributed by atoms with Gasteiger partial charge in [-0.25, -0.2) is 17.9 Å². The quantitative estimate of drug-likeness (QED) is 0.920. The van der Waals surface area contributed by atoms with E-state index >= 15 is 0 Å². The van der Waals surface area contributed by atoms with Gasteiger partial charge in [-0.15, -0.1) is 0 Å². The molecule has 0 aliphatic carbocycles. The summed E-state index contributed by atoms with van der Waals surface area (Å²) in [6.45, 7) is 1.56. The Kier molecular flexibility index (Phi) is 4.73. The molecule has 1 aliphatic heterocycles. The maximum Gasteiger partial charge on any atom is 0.238 e. The molecule has 0 bridgehead atoms. The first-order valence-corrected chi connectivity index (χ1v) is 9.26. The maximum atomic E-state index is 12.9. The monoisotopic (exact) mass is 350 g/mol. The van der Waals surface area contributed by atoms with Crippen LogP contribution in [0.15, 0.2) is 53.4 Å². The Balaban J connectivity index is 1.68. The largest absolute Gasteiger partial charge is 0.489 e. The molecule has 0 spiro atoms. The van der Waals surface area contributed by atoms with Gasteiger partial charge in [-0.1, -0.05) is 0 Å². The van der Waals surface area contributed by atoms with Crippen molar-refractivity contribution in [2.75, 3.05) is 18.0 Å². The molecule has 3 rings (SSSR count). The van der Waals surface area contributed by atoms with Gasteiger partial charge in [0.05, 0.1) is 11.4 Å². The standard InChI is InChI=1S/C17H19FN2O3S/c18-13-3-7-15(8-4-13)23-16-2-1-11-20(12-16)14-5-9-17(10-6-14)24(19,21)22/h3-10,16H,1-2,11-12H2,(H2,19,21,22). The van der Waals surface area contributed by atoms with E-state index in [0.717, 1.165) is 25.1 Å². The predicted octanol–water partition coefficient (Wildman–Crippen LogP) is 2.52. The topological polar surface area (TPSA) is 72.6 Å². The summed E-state index contributed by atoms with van der Waals surface area (Å²) in [5.74, 6) is 0.357. The van der Waals surface area contributed by atoms with Crippen molar-refractivity contribution >= 4 is 15.7 Å². The third kappa shape index (κ3) is 4.04. The number of anilines is 1. The lowest BCUT2D eigenvalue weighted by molar-refractivity contribution is 0.179. The van der Waals surface area contributed by atoms with Crippen LogP contribution in [0, 0.1) is 5.82 Å². The average molecular weight is 350 g/mol. The van der Waals surface area contributed by atoms with Crippen molar-refractivity contribution in [1.82, 2.24) is 0 Å². The molecule has 1 unspecified atom stereocenters. The zero-order valence-electron chi connectivity index (χ0n) is 13.1. The number of nitrogens with zero attached hydrogens (tertiary/aromatic N) is 1. The van der Waals surface area contributed by atoms with Crippen LogP contribution in [0.25, 0.3) is 0 Å². The number of ether oxygens (including phenoxy) is 1. The minimum atomic E-state index is -3.68. The van der Waals surface area contributed by atoms with Crippen LogP contribution in [-0.2, 0) is 10.0 Å². The summed E-state index contributed by atoms with van der Waals surface area (Å²) in [4.78, 5) is 2.24. The number of piperidine rings is 1. The summed E-state index contributed by atoms with van der Waals surface area (Å²) in [5, 5.41) is 5.12. The van der Waals surface area contributed by atoms with Crippen molar-refractivity contribution in [3.8, 4) is 5.75 Å². The first kappa shape index (κ1) is 16.7. The molecular formula is C17H19FN2O3S. The van der Waals surface area contributed by atoms with E-state index < -0.39 is 10.0 Å². The number of rotatable bonds is 4. The Morgan fingerprint density at radius 2 is 1.75 bits per heavy atom. The van der Waals surface area contributed by atoms with Crippen molar-refractivity contribution in [2.24, 2.45) is 5.14 Å². The molecule has 0 amide bonds. The zero-order valence-corrected chi connectivity index (χ0v) is 13.9. The molecule has 7 heteroatoms. The fraction of sp³-hybridized carbons (Fsp3) is 0.294. The summed E-state index contributed by atoms with van der Waals surface area (Å²) < 4.78 is 41.5. The Morgan fingerprint density at radius 3 is 2.38 bits per heavy atom. The molecule has 0 saturated carbocycles. The van der Waals surface area contributed by atoms with Gasteiger partial charge in [0.2, 0.25) is 10.0 Å². The van der Waals surface area contributed by atoms with Crippen molar-refractivity contribution in [3.63, 3.8) is 0 Å². The lowest BCUT2D eigenvalue weighted by Crippen LogP contribution is -2.41. The molecule has 1 atom stereocenters. The molecule has 1 heterocycles. The fourth-order valence-corrected chi connectivity index (χ4v) is 3.34. The van der Waals surface area contributed by atoms with Crippen molar-refractivity contribution in [2.45, 2.75) is 23.8 Å². The van der Waals surface area contributed by atoms with Crippen LogP contribution in [0.3, 0.4) is 0 Å². The average Bonchev–Trinajstić information content (AvgIpc) is 2.57. The molecule has 2 aromatic rings. The van der Waals surface area contributed by atoms with Gasteiger partial charge in [0.15, 0.2) is 0 Å². The second kappa shape index (κ2) is 6.78. The van der Waals surface area contributed by atoms with Gasteiger partial charge in [0.1, 0.15) is 17.7 Å². The summed E-state index contributed by atoms with van der Waals surface area (Å²) in [6, 6.07) is 12.5. The highest BCUT2D eigenvalue weighted by molar-refractivity contribution is 7.89. The Labute approximate surface area is 140 Å². The molecule has 0 radical (unpaired) electrons. The van der Waals surface area contributed by atoms with Crippen LogP contribution in [0.4, 0.5) is 10.1 Å². The first-order chi connectivity index (χ1) is 11.4. The second-order valence-corrected chi connectivity index (χ2v) is 7.38. The molecule has 1 saturated heterocycles. The lowest BCUT2D eigenvalue weighted by atomic mass is 10.1. The molecule has 0 aromatic heterocycles. The van der Waals surface area contributed by atoms with E-state index in [1.165, 1.54) is 24.3 Å². The number of nitrogens with two attached hydrogens (primary N) is 1. The SMILES string of the molecule is NS(=O)(=O)c1ccc(N2CCCC(Oc3ccc(F)cc3)C2)cc1. The number of sulfonamides is 1. The summed E-state index contributed by atoms with van der Waals surface area (Å²) >= 11 is 0. The maximum absolute atomic E-state index is 12.9.